The molecule has 2 aromatic rings. The third-order valence-corrected chi connectivity index (χ3v) is 5.99. The summed E-state index contributed by atoms with van der Waals surface area (Å²) in [6.45, 7) is 0. The SMILES string of the molecule is NC(=O)CC(C(=O)O)N1C(=O)/C(=C\c2ccc(-c3ccc(Cl)c(Cl)c3)o2)SC1=S. The lowest BCUT2D eigenvalue weighted by Crippen LogP contribution is -2.46. The molecule has 0 spiro atoms. The number of hydrogen-bond donors (Lipinski definition) is 2. The van der Waals surface area contributed by atoms with Crippen LogP contribution < -0.4 is 5.73 Å². The van der Waals surface area contributed by atoms with Crippen LogP contribution in [0.3, 0.4) is 0 Å². The first-order valence-corrected chi connectivity index (χ1v) is 9.99. The van der Waals surface area contributed by atoms with Crippen LogP contribution in [0, 0.1) is 0 Å². The molecule has 0 bridgehead atoms. The molecule has 1 fully saturated rings. The number of furan rings is 1. The topological polar surface area (TPSA) is 114 Å². The van der Waals surface area contributed by atoms with Crippen molar-refractivity contribution in [1.29, 1.82) is 0 Å². The number of carboxylic acids is 1. The molecule has 1 atom stereocenters. The lowest BCUT2D eigenvalue weighted by molar-refractivity contribution is -0.146. The normalized spacial score (nSPS) is 16.5. The van der Waals surface area contributed by atoms with Gasteiger partial charge in [-0.15, -0.1) is 0 Å². The van der Waals surface area contributed by atoms with Gasteiger partial charge in [-0.05, 0) is 30.3 Å². The molecule has 3 rings (SSSR count). The van der Waals surface area contributed by atoms with Crippen LogP contribution in [0.25, 0.3) is 17.4 Å². The zero-order chi connectivity index (χ0) is 21.3. The highest BCUT2D eigenvalue weighted by Gasteiger charge is 2.41. The van der Waals surface area contributed by atoms with E-state index in [-0.39, 0.29) is 9.23 Å². The highest BCUT2D eigenvalue weighted by atomic mass is 35.5. The summed E-state index contributed by atoms with van der Waals surface area (Å²) in [6.07, 6.45) is 0.904. The van der Waals surface area contributed by atoms with E-state index in [4.69, 9.17) is 45.6 Å². The number of rotatable bonds is 6. The maximum Gasteiger partial charge on any atom is 0.327 e. The molecule has 2 heterocycles. The van der Waals surface area contributed by atoms with E-state index < -0.39 is 30.2 Å². The number of amides is 2. The van der Waals surface area contributed by atoms with Gasteiger partial charge in [-0.3, -0.25) is 14.5 Å². The van der Waals surface area contributed by atoms with Crippen LogP contribution in [0.15, 0.2) is 39.7 Å². The average Bonchev–Trinajstić information content (AvgIpc) is 3.20. The molecule has 1 saturated heterocycles. The first-order valence-electron chi connectivity index (χ1n) is 8.01. The number of thioether (sulfide) groups is 1. The van der Waals surface area contributed by atoms with E-state index in [1.54, 1.807) is 30.3 Å². The molecule has 0 aliphatic carbocycles. The van der Waals surface area contributed by atoms with Crippen molar-refractivity contribution >= 4 is 75.4 Å². The predicted molar refractivity (Wildman–Crippen MR) is 114 cm³/mol. The number of halogens is 2. The number of carboxylic acid groups (broad SMARTS) is 1. The van der Waals surface area contributed by atoms with Crippen LogP contribution in [-0.4, -0.2) is 38.2 Å². The first kappa shape index (κ1) is 21.4. The van der Waals surface area contributed by atoms with Crippen LogP contribution in [0.4, 0.5) is 0 Å². The Morgan fingerprint density at radius 1 is 1.28 bits per heavy atom. The molecule has 1 unspecified atom stereocenters. The van der Waals surface area contributed by atoms with Crippen molar-refractivity contribution < 1.29 is 23.9 Å². The van der Waals surface area contributed by atoms with E-state index in [0.29, 0.717) is 27.1 Å². The highest BCUT2D eigenvalue weighted by molar-refractivity contribution is 8.26. The number of hydrogen-bond acceptors (Lipinski definition) is 6. The Morgan fingerprint density at radius 3 is 2.62 bits per heavy atom. The quantitative estimate of drug-likeness (QED) is 0.487. The van der Waals surface area contributed by atoms with E-state index in [9.17, 15) is 19.5 Å². The molecule has 11 heteroatoms. The van der Waals surface area contributed by atoms with E-state index >= 15 is 0 Å². The summed E-state index contributed by atoms with van der Waals surface area (Å²) >= 11 is 18.0. The van der Waals surface area contributed by atoms with Crippen molar-refractivity contribution in [3.05, 3.63) is 51.0 Å². The van der Waals surface area contributed by atoms with Crippen LogP contribution in [-0.2, 0) is 14.4 Å². The second kappa shape index (κ2) is 8.58. The summed E-state index contributed by atoms with van der Waals surface area (Å²) in [6, 6.07) is 6.89. The molecule has 3 N–H and O–H groups in total. The van der Waals surface area contributed by atoms with Gasteiger partial charge in [-0.1, -0.05) is 47.2 Å². The molecule has 1 aromatic carbocycles. The lowest BCUT2D eigenvalue weighted by atomic mass is 10.1. The second-order valence-corrected chi connectivity index (χ2v) is 8.40. The van der Waals surface area contributed by atoms with Crippen molar-refractivity contribution in [3.63, 3.8) is 0 Å². The minimum Gasteiger partial charge on any atom is -0.480 e. The zero-order valence-electron chi connectivity index (χ0n) is 14.4. The van der Waals surface area contributed by atoms with Gasteiger partial charge in [-0.25, -0.2) is 4.79 Å². The van der Waals surface area contributed by atoms with Gasteiger partial charge < -0.3 is 15.3 Å². The highest BCUT2D eigenvalue weighted by Crippen LogP contribution is 2.36. The number of nitrogens with zero attached hydrogens (tertiary/aromatic N) is 1. The van der Waals surface area contributed by atoms with Crippen molar-refractivity contribution in [2.75, 3.05) is 0 Å². The molecule has 1 aromatic heterocycles. The van der Waals surface area contributed by atoms with Gasteiger partial charge in [0.25, 0.3) is 5.91 Å². The molecule has 150 valence electrons. The van der Waals surface area contributed by atoms with E-state index in [0.717, 1.165) is 16.7 Å². The molecule has 1 aliphatic rings. The van der Waals surface area contributed by atoms with E-state index in [1.165, 1.54) is 6.08 Å². The predicted octanol–water partition coefficient (Wildman–Crippen LogP) is 3.78. The molecule has 2 amide bonds. The van der Waals surface area contributed by atoms with Crippen LogP contribution in [0.1, 0.15) is 12.2 Å². The van der Waals surface area contributed by atoms with Gasteiger partial charge in [0.05, 0.1) is 21.4 Å². The fraction of sp³-hybridized carbons (Fsp3) is 0.111. The Balaban J connectivity index is 1.86. The lowest BCUT2D eigenvalue weighted by Gasteiger charge is -2.21. The smallest absolute Gasteiger partial charge is 0.327 e. The van der Waals surface area contributed by atoms with Gasteiger partial charge in [0, 0.05) is 11.6 Å². The Kier molecular flexibility index (Phi) is 6.33. The fourth-order valence-corrected chi connectivity index (χ4v) is 4.23. The number of aliphatic carboxylic acids is 1. The third-order valence-electron chi connectivity index (χ3n) is 3.92. The summed E-state index contributed by atoms with van der Waals surface area (Å²) < 4.78 is 5.74. The molecule has 1 aliphatic heterocycles. The van der Waals surface area contributed by atoms with Crippen LogP contribution in [0.2, 0.25) is 10.0 Å². The monoisotopic (exact) mass is 470 g/mol. The summed E-state index contributed by atoms with van der Waals surface area (Å²) in [5, 5.41) is 10.1. The van der Waals surface area contributed by atoms with Crippen molar-refractivity contribution in [2.45, 2.75) is 12.5 Å². The number of carbonyl (C=O) groups is 3. The fourth-order valence-electron chi connectivity index (χ4n) is 2.59. The molecule has 29 heavy (non-hydrogen) atoms. The van der Waals surface area contributed by atoms with Gasteiger partial charge in [0.2, 0.25) is 5.91 Å². The van der Waals surface area contributed by atoms with Crippen LogP contribution >= 0.6 is 47.2 Å². The summed E-state index contributed by atoms with van der Waals surface area (Å²) in [5.41, 5.74) is 5.78. The molecule has 0 radical (unpaired) electrons. The van der Waals surface area contributed by atoms with Crippen molar-refractivity contribution in [1.82, 2.24) is 4.90 Å². The maximum absolute atomic E-state index is 12.7. The minimum atomic E-state index is -1.46. The summed E-state index contributed by atoms with van der Waals surface area (Å²) in [5.74, 6) is -2.01. The van der Waals surface area contributed by atoms with Crippen molar-refractivity contribution in [3.8, 4) is 11.3 Å². The number of thiocarbonyl (C=S) groups is 1. The minimum absolute atomic E-state index is 0.0196. The largest absolute Gasteiger partial charge is 0.480 e. The maximum atomic E-state index is 12.7. The van der Waals surface area contributed by atoms with Crippen LogP contribution in [0.5, 0.6) is 0 Å². The molecule has 0 saturated carbocycles. The first-order chi connectivity index (χ1) is 13.7. The third kappa shape index (κ3) is 4.64. The summed E-state index contributed by atoms with van der Waals surface area (Å²) in [4.78, 5) is 36.3. The molecular weight excluding hydrogens is 459 g/mol. The van der Waals surface area contributed by atoms with Crippen molar-refractivity contribution in [2.24, 2.45) is 5.73 Å². The zero-order valence-corrected chi connectivity index (χ0v) is 17.6. The average molecular weight is 471 g/mol. The van der Waals surface area contributed by atoms with E-state index in [1.807, 2.05) is 0 Å². The van der Waals surface area contributed by atoms with Gasteiger partial charge in [0.1, 0.15) is 21.9 Å². The Hall–Kier alpha value is -2.33. The Morgan fingerprint density at radius 2 is 2.00 bits per heavy atom. The van der Waals surface area contributed by atoms with E-state index in [2.05, 4.69) is 0 Å². The number of benzene rings is 1. The Bertz CT molecular complexity index is 1070. The summed E-state index contributed by atoms with van der Waals surface area (Å²) in [7, 11) is 0. The second-order valence-electron chi connectivity index (χ2n) is 5.91. The van der Waals surface area contributed by atoms with Gasteiger partial charge in [0.15, 0.2) is 0 Å². The molecular formula is C18H12Cl2N2O5S2. The van der Waals surface area contributed by atoms with Gasteiger partial charge in [-0.2, -0.15) is 0 Å². The standard InChI is InChI=1S/C18H12Cl2N2O5S2/c19-10-3-1-8(5-11(10)20)13-4-2-9(27-13)6-14-16(24)22(18(28)29-14)12(17(25)26)7-15(21)23/h1-6,12H,7H2,(H2,21,23)(H,25,26)/b14-6+. The van der Waals surface area contributed by atoms with Gasteiger partial charge >= 0.3 is 5.97 Å². The Labute approximate surface area is 184 Å². The number of nitrogens with two attached hydrogens (primary N) is 1. The number of carbonyl (C=O) groups excluding carboxylic acids is 2. The number of primary amides is 1. The molecule has 7 nitrogen and oxygen atoms in total.